The molecule has 2 heterocycles. The zero-order chi connectivity index (χ0) is 57.9. The van der Waals surface area contributed by atoms with Crippen LogP contribution in [-0.4, -0.2) is 102 Å². The number of hydrogen-bond acceptors (Lipinski definition) is 12. The van der Waals surface area contributed by atoms with Gasteiger partial charge in [0.2, 0.25) is 11.1 Å². The first-order valence-corrected chi connectivity index (χ1v) is 36.0. The number of ether oxygens (including phenoxy) is 6. The van der Waals surface area contributed by atoms with Gasteiger partial charge in [0.25, 0.3) is 0 Å². The lowest BCUT2D eigenvalue weighted by Crippen LogP contribution is -2.32. The molecule has 2 saturated heterocycles. The first kappa shape index (κ1) is 68.9. The quantitative estimate of drug-likeness (QED) is 0.0255. The molecule has 1 amide bonds. The number of nitrogens with two attached hydrogens (primary N) is 1. The molecule has 430 valence electrons. The average molecular weight is 1130 g/mol. The summed E-state index contributed by atoms with van der Waals surface area (Å²) in [5.41, 5.74) is 11.5. The topological polar surface area (TPSA) is 171 Å². The molecule has 0 radical (unpaired) electrons. The van der Waals surface area contributed by atoms with Gasteiger partial charge in [-0.3, -0.25) is 9.59 Å². The smallest absolute Gasteiger partial charge is 0.340 e. The van der Waals surface area contributed by atoms with E-state index < -0.39 is 39.8 Å². The van der Waals surface area contributed by atoms with Gasteiger partial charge in [-0.2, -0.15) is 0 Å². The number of carbonyl (C=O) groups excluding carboxylic acids is 4. The first-order valence-electron chi connectivity index (χ1n) is 27.1. The number of nitrogen functional groups attached to an aromatic ring is 1. The Labute approximate surface area is 467 Å². The largest absolute Gasteiger partial charge is 0.462 e. The van der Waals surface area contributed by atoms with E-state index in [9.17, 15) is 19.2 Å². The van der Waals surface area contributed by atoms with Gasteiger partial charge in [0, 0.05) is 49.6 Å². The fourth-order valence-corrected chi connectivity index (χ4v) is 11.0. The number of esters is 2. The average Bonchev–Trinajstić information content (AvgIpc) is 3.73. The van der Waals surface area contributed by atoms with Crippen molar-refractivity contribution in [3.05, 3.63) is 82.0 Å². The molecule has 2 fully saturated rings. The van der Waals surface area contributed by atoms with E-state index in [1.165, 1.54) is 0 Å². The second kappa shape index (κ2) is 31.5. The van der Waals surface area contributed by atoms with Crippen LogP contribution in [0.1, 0.15) is 131 Å². The highest BCUT2D eigenvalue weighted by Crippen LogP contribution is 2.37. The zero-order valence-corrected chi connectivity index (χ0v) is 53.8. The Morgan fingerprint density at radius 2 is 1.14 bits per heavy atom. The van der Waals surface area contributed by atoms with Crippen LogP contribution in [0.3, 0.4) is 0 Å². The Hall–Kier alpha value is -3.25. The molecule has 2 aromatic rings. The summed E-state index contributed by atoms with van der Waals surface area (Å²) < 4.78 is 40.1. The molecule has 17 heteroatoms. The number of aryl methyl sites for hydroxylation is 4. The van der Waals surface area contributed by atoms with Crippen LogP contribution in [0.2, 0.25) is 51.4 Å². The van der Waals surface area contributed by atoms with Crippen molar-refractivity contribution in [2.75, 3.05) is 37.5 Å². The number of nitrogens with one attached hydrogen (secondary N) is 1. The van der Waals surface area contributed by atoms with E-state index >= 15 is 0 Å². The van der Waals surface area contributed by atoms with Gasteiger partial charge < -0.3 is 44.0 Å². The van der Waals surface area contributed by atoms with Gasteiger partial charge in [0.1, 0.15) is 0 Å². The van der Waals surface area contributed by atoms with Crippen LogP contribution in [0.4, 0.5) is 11.4 Å². The normalized spacial score (nSPS) is 20.5. The minimum absolute atomic E-state index is 0.0986. The van der Waals surface area contributed by atoms with Gasteiger partial charge in [-0.25, -0.2) is 9.59 Å². The maximum atomic E-state index is 13.2. The van der Waals surface area contributed by atoms with Crippen LogP contribution in [-0.2, 0) is 42.5 Å². The van der Waals surface area contributed by atoms with Gasteiger partial charge in [-0.05, 0) is 144 Å². The standard InChI is InChI=1S/C29H47NO5Si.C16H28ClO4P.C14H23NO2Si/c1-19(2)12-11-13-21(4)27-24(34-29(6,7)35-27)18-25(31)30-23-17-20(3)16-22(5)26(23)28(32)33-14-15-36(8,9)10;1-11(10-22-19-5)7-6-8-12(2)15-13(9-14(17)18)20-16(3,4)21-15;1-10-8-11(2)13(12(15)9-10)14(16)17-6-7-18(3,4)5/h11,13,16-17,19,21,24,27H,12,14-15,18H2,1-10H3,(H,30,31);6,8,11-13,15,22H,7,9-10H2,1-5H3;8-9H,6-7,15H2,1-5H3/b13-11-;8-6-;/t21?,24-,27+;11-,12?,13+,15-;/m01./s1. The number of benzene rings is 2. The first-order chi connectivity index (χ1) is 35.0. The van der Waals surface area contributed by atoms with Crippen molar-refractivity contribution in [3.63, 3.8) is 0 Å². The van der Waals surface area contributed by atoms with Crippen molar-refractivity contribution < 1.29 is 52.1 Å². The number of halogens is 1. The Morgan fingerprint density at radius 3 is 1.59 bits per heavy atom. The third kappa shape index (κ3) is 26.1. The van der Waals surface area contributed by atoms with Crippen molar-refractivity contribution in [3.8, 4) is 0 Å². The molecule has 0 saturated carbocycles. The van der Waals surface area contributed by atoms with Gasteiger partial charge >= 0.3 is 11.9 Å². The van der Waals surface area contributed by atoms with Crippen molar-refractivity contribution in [1.82, 2.24) is 0 Å². The lowest BCUT2D eigenvalue weighted by molar-refractivity contribution is -0.150. The van der Waals surface area contributed by atoms with E-state index in [1.54, 1.807) is 7.11 Å². The van der Waals surface area contributed by atoms with E-state index in [2.05, 4.69) is 104 Å². The van der Waals surface area contributed by atoms with Crippen molar-refractivity contribution in [2.24, 2.45) is 23.7 Å². The minimum atomic E-state index is -1.33. The van der Waals surface area contributed by atoms with Crippen LogP contribution in [0, 0.1) is 51.4 Å². The summed E-state index contributed by atoms with van der Waals surface area (Å²) in [6.45, 7) is 40.3. The molecule has 0 spiro atoms. The highest BCUT2D eigenvalue weighted by Gasteiger charge is 2.45. The predicted octanol–water partition coefficient (Wildman–Crippen LogP) is 14.4. The lowest BCUT2D eigenvalue weighted by atomic mass is 9.96. The molecule has 13 nitrogen and oxygen atoms in total. The summed E-state index contributed by atoms with van der Waals surface area (Å²) in [5, 5.41) is 2.58. The summed E-state index contributed by atoms with van der Waals surface area (Å²) in [5.74, 6) is -0.905. The molecule has 2 aliphatic rings. The second-order valence-electron chi connectivity index (χ2n) is 24.6. The molecule has 76 heavy (non-hydrogen) atoms. The molecule has 8 atom stereocenters. The number of rotatable bonds is 24. The molecule has 0 aliphatic carbocycles. The molecular weight excluding hydrogens is 1040 g/mol. The van der Waals surface area contributed by atoms with Crippen LogP contribution >= 0.6 is 20.4 Å². The number of hydrogen-bond donors (Lipinski definition) is 2. The Morgan fingerprint density at radius 1 is 0.697 bits per heavy atom. The highest BCUT2D eigenvalue weighted by molar-refractivity contribution is 7.32. The number of carbonyl (C=O) groups is 4. The van der Waals surface area contributed by atoms with Gasteiger partial charge in [0.05, 0.1) is 67.3 Å². The Kier molecular flexibility index (Phi) is 28.6. The predicted molar refractivity (Wildman–Crippen MR) is 320 cm³/mol. The third-order valence-corrected chi connectivity index (χ3v) is 17.4. The van der Waals surface area contributed by atoms with Crippen LogP contribution in [0.5, 0.6) is 0 Å². The van der Waals surface area contributed by atoms with Gasteiger partial charge in [-0.1, -0.05) is 110 Å². The molecule has 0 aromatic heterocycles. The van der Waals surface area contributed by atoms with Crippen LogP contribution < -0.4 is 11.1 Å². The van der Waals surface area contributed by atoms with E-state index in [0.29, 0.717) is 56.4 Å². The summed E-state index contributed by atoms with van der Waals surface area (Å²) in [7, 11) is -0.200. The van der Waals surface area contributed by atoms with E-state index in [0.717, 1.165) is 53.3 Å². The molecule has 3 N–H and O–H groups in total. The summed E-state index contributed by atoms with van der Waals surface area (Å²) in [6.07, 6.45) is 11.0. The number of allylic oxidation sites excluding steroid dienone is 2. The summed E-state index contributed by atoms with van der Waals surface area (Å²) >= 11 is 5.51. The van der Waals surface area contributed by atoms with Crippen molar-refractivity contribution >= 4 is 71.0 Å². The molecule has 3 unspecified atom stereocenters. The monoisotopic (exact) mass is 1130 g/mol. The number of anilines is 2. The minimum Gasteiger partial charge on any atom is -0.462 e. The number of amides is 1. The Balaban J connectivity index is 0.000000422. The Bertz CT molecular complexity index is 2230. The van der Waals surface area contributed by atoms with Gasteiger partial charge in [-0.15, -0.1) is 0 Å². The molecule has 4 rings (SSSR count). The van der Waals surface area contributed by atoms with Crippen molar-refractivity contribution in [2.45, 2.75) is 203 Å². The zero-order valence-electron chi connectivity index (χ0n) is 50.0. The second-order valence-corrected chi connectivity index (χ2v) is 37.4. The molecule has 0 bridgehead atoms. The van der Waals surface area contributed by atoms with Crippen LogP contribution in [0.15, 0.2) is 48.6 Å². The fraction of sp³-hybridized carbons (Fsp3) is 0.661. The molecular formula is C59H98ClN2O11PSi2. The fourth-order valence-electron chi connectivity index (χ4n) is 8.76. The van der Waals surface area contributed by atoms with Crippen LogP contribution in [0.25, 0.3) is 0 Å². The van der Waals surface area contributed by atoms with E-state index in [-0.39, 0.29) is 60.1 Å². The molecule has 2 aliphatic heterocycles. The molecule has 2 aromatic carbocycles. The highest BCUT2D eigenvalue weighted by atomic mass is 35.5. The lowest BCUT2D eigenvalue weighted by Gasteiger charge is -2.21. The van der Waals surface area contributed by atoms with Gasteiger partial charge in [0.15, 0.2) is 11.6 Å². The van der Waals surface area contributed by atoms with E-state index in [4.69, 9.17) is 50.3 Å². The summed E-state index contributed by atoms with van der Waals surface area (Å²) in [4.78, 5) is 49.3. The maximum Gasteiger partial charge on any atom is 0.340 e. The van der Waals surface area contributed by atoms with E-state index in [1.807, 2.05) is 79.7 Å². The van der Waals surface area contributed by atoms with Crippen molar-refractivity contribution in [1.29, 1.82) is 0 Å². The maximum absolute atomic E-state index is 13.2. The summed E-state index contributed by atoms with van der Waals surface area (Å²) in [6, 6.07) is 9.38. The SMILES string of the molecule is COPC[C@H](C)C/C=C\C(C)[C@H]1OC(C)(C)O[C@H]1CC(=O)Cl.Cc1cc(C)c(C(=O)OCC[Si](C)(C)C)c(N)c1.Cc1cc(C)c(C(=O)OCC[Si](C)(C)C)c(NC(=O)C[C@@H]2OC(C)(C)O[C@@H]2C(C)/C=C\CC(C)C)c1. The third-order valence-electron chi connectivity index (χ3n) is 12.7.